The molecule has 0 atom stereocenters. The molecule has 0 saturated carbocycles. The lowest BCUT2D eigenvalue weighted by atomic mass is 10.1. The molecule has 0 unspecified atom stereocenters. The van der Waals surface area contributed by atoms with Crippen molar-refractivity contribution in [2.75, 3.05) is 0 Å². The van der Waals surface area contributed by atoms with Crippen LogP contribution < -0.4 is 0 Å². The van der Waals surface area contributed by atoms with Crippen LogP contribution in [0.15, 0.2) is 42.2 Å². The number of allylic oxidation sites excluding steroid dienone is 1. The Hall–Kier alpha value is -2.86. The van der Waals surface area contributed by atoms with Crippen molar-refractivity contribution in [1.29, 1.82) is 0 Å². The third kappa shape index (κ3) is 4.43. The molecular formula is C16H8F10N2O. The van der Waals surface area contributed by atoms with Crippen LogP contribution in [0.5, 0.6) is 0 Å². The molecule has 1 aromatic heterocycles. The Labute approximate surface area is 155 Å². The van der Waals surface area contributed by atoms with Gasteiger partial charge in [0.2, 0.25) is 0 Å². The minimum atomic E-state index is -6.74. The fourth-order valence-corrected chi connectivity index (χ4v) is 1.97. The van der Waals surface area contributed by atoms with E-state index in [9.17, 15) is 49.0 Å². The van der Waals surface area contributed by atoms with Crippen LogP contribution in [0.2, 0.25) is 0 Å². The average Bonchev–Trinajstić information content (AvgIpc) is 2.60. The number of hydrogen-bond donors (Lipinski definition) is 1. The van der Waals surface area contributed by atoms with E-state index in [-0.39, 0.29) is 11.6 Å². The maximum Gasteiger partial charge on any atom is 0.460 e. The van der Waals surface area contributed by atoms with Crippen molar-refractivity contribution in [1.82, 2.24) is 9.97 Å². The highest BCUT2D eigenvalue weighted by Gasteiger charge is 2.74. The molecule has 0 bridgehead atoms. The lowest BCUT2D eigenvalue weighted by molar-refractivity contribution is -0.349. The van der Waals surface area contributed by atoms with E-state index in [1.165, 1.54) is 30.3 Å². The van der Waals surface area contributed by atoms with Crippen LogP contribution in [0.4, 0.5) is 43.9 Å². The Morgan fingerprint density at radius 1 is 0.828 bits per heavy atom. The van der Waals surface area contributed by atoms with Gasteiger partial charge in [-0.15, -0.1) is 0 Å². The molecule has 1 N–H and O–H groups in total. The number of halogens is 10. The molecule has 0 aliphatic carbocycles. The van der Waals surface area contributed by atoms with Crippen molar-refractivity contribution in [2.45, 2.75) is 24.2 Å². The number of aromatic nitrogens is 2. The zero-order valence-electron chi connectivity index (χ0n) is 13.7. The van der Waals surface area contributed by atoms with Gasteiger partial charge in [-0.05, 0) is 6.07 Å². The molecule has 1 aromatic carbocycles. The van der Waals surface area contributed by atoms with Crippen molar-refractivity contribution in [3.8, 4) is 11.4 Å². The molecule has 158 valence electrons. The van der Waals surface area contributed by atoms with Crippen LogP contribution in [0.25, 0.3) is 17.5 Å². The van der Waals surface area contributed by atoms with Crippen LogP contribution >= 0.6 is 0 Å². The maximum absolute atomic E-state index is 13.5. The number of aliphatic hydroxyl groups is 1. The predicted octanol–water partition coefficient (Wildman–Crippen LogP) is 5.89. The van der Waals surface area contributed by atoms with Crippen molar-refractivity contribution in [3.05, 3.63) is 53.5 Å². The van der Waals surface area contributed by atoms with Gasteiger partial charge in [-0.1, -0.05) is 30.3 Å². The number of aliphatic hydroxyl groups excluding tert-OH is 1. The Bertz CT molecular complexity index is 904. The second-order valence-electron chi connectivity index (χ2n) is 5.54. The summed E-state index contributed by atoms with van der Waals surface area (Å²) in [5, 5.41) is 9.17. The summed E-state index contributed by atoms with van der Waals surface area (Å²) < 4.78 is 128. The third-order valence-corrected chi connectivity index (χ3v) is 3.43. The van der Waals surface area contributed by atoms with E-state index in [1.54, 1.807) is 0 Å². The van der Waals surface area contributed by atoms with Gasteiger partial charge in [-0.2, -0.15) is 43.9 Å². The topological polar surface area (TPSA) is 46.0 Å². The van der Waals surface area contributed by atoms with Crippen molar-refractivity contribution in [3.63, 3.8) is 0 Å². The second-order valence-corrected chi connectivity index (χ2v) is 5.54. The van der Waals surface area contributed by atoms with E-state index < -0.39 is 53.2 Å². The van der Waals surface area contributed by atoms with Crippen LogP contribution in [-0.4, -0.2) is 33.1 Å². The minimum absolute atomic E-state index is 0.00444. The predicted molar refractivity (Wildman–Crippen MR) is 79.0 cm³/mol. The summed E-state index contributed by atoms with van der Waals surface area (Å²) in [6, 6.07) is 6.67. The second kappa shape index (κ2) is 7.19. The molecule has 13 heteroatoms. The van der Waals surface area contributed by atoms with Gasteiger partial charge in [0.1, 0.15) is 5.69 Å². The van der Waals surface area contributed by atoms with E-state index in [1.807, 2.05) is 0 Å². The summed E-state index contributed by atoms with van der Waals surface area (Å²) in [4.78, 5) is 6.58. The SMILES string of the molecule is O/C(=C\c1cc(C(F)(F)F)nc(-c2ccccc2)n1)C(F)(F)C(F)(F)C(F)(F)F. The summed E-state index contributed by atoms with van der Waals surface area (Å²) in [6.45, 7) is 0. The standard InChI is InChI=1S/C16H8F10N2O/c17-13(18,15(22,23)16(24,25)26)11(29)7-9-6-10(14(19,20)21)28-12(27-9)8-4-2-1-3-5-8/h1-7,29H/b11-7-. The van der Waals surface area contributed by atoms with Gasteiger partial charge in [0.25, 0.3) is 0 Å². The Morgan fingerprint density at radius 2 is 1.38 bits per heavy atom. The number of alkyl halides is 10. The number of nitrogens with zero attached hydrogens (tertiary/aromatic N) is 2. The molecule has 0 aliphatic rings. The number of hydrogen-bond acceptors (Lipinski definition) is 3. The summed E-state index contributed by atoms with van der Waals surface area (Å²) >= 11 is 0. The van der Waals surface area contributed by atoms with Gasteiger partial charge in [-0.3, -0.25) is 0 Å². The number of benzene rings is 1. The highest BCUT2D eigenvalue weighted by atomic mass is 19.4. The Kier molecular flexibility index (Phi) is 5.56. The molecule has 1 heterocycles. The molecule has 0 aliphatic heterocycles. The van der Waals surface area contributed by atoms with Gasteiger partial charge in [0.15, 0.2) is 11.6 Å². The fraction of sp³-hybridized carbons (Fsp3) is 0.250. The normalized spacial score (nSPS) is 14.2. The van der Waals surface area contributed by atoms with E-state index in [0.29, 0.717) is 0 Å². The Balaban J connectivity index is 2.62. The summed E-state index contributed by atoms with van der Waals surface area (Å²) in [5.74, 6) is -16.4. The zero-order chi connectivity index (χ0) is 22.3. The monoisotopic (exact) mass is 434 g/mol. The molecule has 2 rings (SSSR count). The summed E-state index contributed by atoms with van der Waals surface area (Å²) in [6.07, 6.45) is -12.3. The zero-order valence-corrected chi connectivity index (χ0v) is 13.7. The average molecular weight is 434 g/mol. The van der Waals surface area contributed by atoms with Crippen LogP contribution in [0.3, 0.4) is 0 Å². The quantitative estimate of drug-likeness (QED) is 0.482. The minimum Gasteiger partial charge on any atom is -0.506 e. The first-order valence-corrected chi connectivity index (χ1v) is 7.32. The van der Waals surface area contributed by atoms with Crippen molar-refractivity contribution >= 4 is 6.08 Å². The van der Waals surface area contributed by atoms with Crippen molar-refractivity contribution in [2.24, 2.45) is 0 Å². The lowest BCUT2D eigenvalue weighted by Crippen LogP contribution is -2.52. The molecule has 3 nitrogen and oxygen atoms in total. The molecule has 2 aromatic rings. The maximum atomic E-state index is 13.5. The van der Waals surface area contributed by atoms with E-state index in [0.717, 1.165) is 0 Å². The molecule has 29 heavy (non-hydrogen) atoms. The first kappa shape index (κ1) is 22.4. The van der Waals surface area contributed by atoms with Crippen LogP contribution in [-0.2, 0) is 6.18 Å². The fourth-order valence-electron chi connectivity index (χ4n) is 1.97. The van der Waals surface area contributed by atoms with Crippen LogP contribution in [0, 0.1) is 0 Å². The van der Waals surface area contributed by atoms with Crippen LogP contribution in [0.1, 0.15) is 11.4 Å². The molecule has 0 fully saturated rings. The molecular weight excluding hydrogens is 426 g/mol. The first-order chi connectivity index (χ1) is 13.1. The van der Waals surface area contributed by atoms with Gasteiger partial charge in [0, 0.05) is 11.6 Å². The molecule has 0 saturated heterocycles. The smallest absolute Gasteiger partial charge is 0.460 e. The molecule has 0 radical (unpaired) electrons. The highest BCUT2D eigenvalue weighted by molar-refractivity contribution is 5.58. The largest absolute Gasteiger partial charge is 0.506 e. The van der Waals surface area contributed by atoms with E-state index in [2.05, 4.69) is 9.97 Å². The third-order valence-electron chi connectivity index (χ3n) is 3.43. The van der Waals surface area contributed by atoms with Gasteiger partial charge in [0.05, 0.1) is 5.69 Å². The van der Waals surface area contributed by atoms with Gasteiger partial charge in [-0.25, -0.2) is 9.97 Å². The Morgan fingerprint density at radius 3 is 1.86 bits per heavy atom. The molecule has 0 amide bonds. The van der Waals surface area contributed by atoms with Gasteiger partial charge >= 0.3 is 24.2 Å². The summed E-state index contributed by atoms with van der Waals surface area (Å²) in [5.41, 5.74) is -2.90. The first-order valence-electron chi connectivity index (χ1n) is 7.32. The highest BCUT2D eigenvalue weighted by Crippen LogP contribution is 2.49. The lowest BCUT2D eigenvalue weighted by Gasteiger charge is -2.27. The number of rotatable bonds is 4. The summed E-state index contributed by atoms with van der Waals surface area (Å²) in [7, 11) is 0. The van der Waals surface area contributed by atoms with Gasteiger partial charge < -0.3 is 5.11 Å². The van der Waals surface area contributed by atoms with Crippen molar-refractivity contribution < 1.29 is 49.0 Å². The van der Waals surface area contributed by atoms with E-state index in [4.69, 9.17) is 0 Å². The van der Waals surface area contributed by atoms with E-state index >= 15 is 0 Å². The molecule has 0 spiro atoms.